The first-order valence-corrected chi connectivity index (χ1v) is 7.70. The van der Waals surface area contributed by atoms with E-state index in [2.05, 4.69) is 0 Å². The van der Waals surface area contributed by atoms with Gasteiger partial charge in [0.15, 0.2) is 0 Å². The highest BCUT2D eigenvalue weighted by atomic mass is 35.5. The van der Waals surface area contributed by atoms with Crippen molar-refractivity contribution in [1.82, 2.24) is 0 Å². The highest BCUT2D eigenvalue weighted by Gasteiger charge is 2.41. The van der Waals surface area contributed by atoms with Gasteiger partial charge in [-0.2, -0.15) is 0 Å². The summed E-state index contributed by atoms with van der Waals surface area (Å²) in [4.78, 5) is 10.3. The number of ether oxygens (including phenoxy) is 1. The summed E-state index contributed by atoms with van der Waals surface area (Å²) in [6, 6.07) is 8.90. The largest absolute Gasteiger partial charge is 0.358 e. The highest BCUT2D eigenvalue weighted by molar-refractivity contribution is 6.42. The van der Waals surface area contributed by atoms with E-state index in [9.17, 15) is 15.2 Å². The Morgan fingerprint density at radius 3 is 2.48 bits per heavy atom. The standard InChI is InChI=1S/C16H13Cl2NO4/c1-9-6-10-7-14(17)15(18)8-13(10)16(20,23-9)11-2-4-12(5-3-11)19(21)22/h2-5,7-9,20H,6H2,1H3. The van der Waals surface area contributed by atoms with Gasteiger partial charge < -0.3 is 9.84 Å². The first-order chi connectivity index (χ1) is 10.8. The van der Waals surface area contributed by atoms with Crippen LogP contribution in [-0.2, 0) is 16.9 Å². The second-order valence-corrected chi connectivity index (χ2v) is 6.32. The monoisotopic (exact) mass is 353 g/mol. The van der Waals surface area contributed by atoms with E-state index >= 15 is 0 Å². The molecule has 1 heterocycles. The highest BCUT2D eigenvalue weighted by Crippen LogP contribution is 2.42. The summed E-state index contributed by atoms with van der Waals surface area (Å²) in [5.74, 6) is -1.73. The molecule has 1 aliphatic heterocycles. The SMILES string of the molecule is CC1Cc2cc(Cl)c(Cl)cc2C(O)(c2ccc([N+](=O)[O-])cc2)O1. The lowest BCUT2D eigenvalue weighted by Crippen LogP contribution is -2.40. The third-order valence-electron chi connectivity index (χ3n) is 3.86. The van der Waals surface area contributed by atoms with Crippen LogP contribution in [0.1, 0.15) is 23.6 Å². The Balaban J connectivity index is 2.14. The van der Waals surface area contributed by atoms with Crippen LogP contribution in [0.5, 0.6) is 0 Å². The van der Waals surface area contributed by atoms with Crippen molar-refractivity contribution in [2.24, 2.45) is 0 Å². The number of halogens is 2. The van der Waals surface area contributed by atoms with Crippen molar-refractivity contribution in [3.63, 3.8) is 0 Å². The molecule has 0 bridgehead atoms. The van der Waals surface area contributed by atoms with Crippen molar-refractivity contribution < 1.29 is 14.8 Å². The third-order valence-corrected chi connectivity index (χ3v) is 4.58. The summed E-state index contributed by atoms with van der Waals surface area (Å²) >= 11 is 12.1. The number of nitrogens with zero attached hydrogens (tertiary/aromatic N) is 1. The van der Waals surface area contributed by atoms with Crippen LogP contribution >= 0.6 is 23.2 Å². The van der Waals surface area contributed by atoms with E-state index in [-0.39, 0.29) is 11.8 Å². The lowest BCUT2D eigenvalue weighted by Gasteiger charge is -2.38. The molecule has 0 saturated carbocycles. The predicted octanol–water partition coefficient (Wildman–Crippen LogP) is 4.06. The van der Waals surface area contributed by atoms with Gasteiger partial charge in [-0.15, -0.1) is 0 Å². The fraction of sp³-hybridized carbons (Fsp3) is 0.250. The van der Waals surface area contributed by atoms with Gasteiger partial charge in [0.2, 0.25) is 5.79 Å². The predicted molar refractivity (Wildman–Crippen MR) is 86.8 cm³/mol. The van der Waals surface area contributed by atoms with Crippen LogP contribution in [0.15, 0.2) is 36.4 Å². The number of nitro groups is 1. The molecule has 1 aliphatic rings. The molecule has 2 aromatic carbocycles. The molecule has 2 aromatic rings. The topological polar surface area (TPSA) is 72.6 Å². The van der Waals surface area contributed by atoms with Crippen molar-refractivity contribution in [2.45, 2.75) is 25.2 Å². The number of non-ortho nitro benzene ring substituents is 1. The number of fused-ring (bicyclic) bond motifs is 1. The van der Waals surface area contributed by atoms with Gasteiger partial charge in [-0.1, -0.05) is 23.2 Å². The number of rotatable bonds is 2. The first kappa shape index (κ1) is 16.2. The molecule has 23 heavy (non-hydrogen) atoms. The summed E-state index contributed by atoms with van der Waals surface area (Å²) in [5.41, 5.74) is 1.67. The molecule has 120 valence electrons. The van der Waals surface area contributed by atoms with Crippen LogP contribution in [-0.4, -0.2) is 16.1 Å². The fourth-order valence-corrected chi connectivity index (χ4v) is 3.16. The van der Waals surface area contributed by atoms with E-state index in [1.807, 2.05) is 6.92 Å². The molecule has 5 nitrogen and oxygen atoms in total. The van der Waals surface area contributed by atoms with Crippen LogP contribution in [0.25, 0.3) is 0 Å². The van der Waals surface area contributed by atoms with Gasteiger partial charge in [0.05, 0.1) is 21.1 Å². The molecule has 0 saturated heterocycles. The maximum Gasteiger partial charge on any atom is 0.269 e. The minimum Gasteiger partial charge on any atom is -0.358 e. The molecule has 2 atom stereocenters. The van der Waals surface area contributed by atoms with Crippen LogP contribution in [0, 0.1) is 10.1 Å². The average Bonchev–Trinajstić information content (AvgIpc) is 2.49. The van der Waals surface area contributed by atoms with Crippen molar-refractivity contribution in [1.29, 1.82) is 0 Å². The van der Waals surface area contributed by atoms with Gasteiger partial charge in [-0.3, -0.25) is 10.1 Å². The number of hydrogen-bond acceptors (Lipinski definition) is 4. The number of aliphatic hydroxyl groups is 1. The quantitative estimate of drug-likeness (QED) is 0.652. The number of benzene rings is 2. The van der Waals surface area contributed by atoms with E-state index in [0.29, 0.717) is 27.6 Å². The normalized spacial score (nSPS) is 23.4. The molecular weight excluding hydrogens is 341 g/mol. The molecule has 0 amide bonds. The summed E-state index contributed by atoms with van der Waals surface area (Å²) in [6.45, 7) is 1.84. The molecule has 0 aromatic heterocycles. The average molecular weight is 354 g/mol. The lowest BCUT2D eigenvalue weighted by molar-refractivity contribution is -0.384. The fourth-order valence-electron chi connectivity index (χ4n) is 2.81. The number of hydrogen-bond donors (Lipinski definition) is 1. The molecule has 0 aliphatic carbocycles. The maximum atomic E-state index is 11.1. The first-order valence-electron chi connectivity index (χ1n) is 6.95. The minimum absolute atomic E-state index is 0.0597. The third kappa shape index (κ3) is 2.81. The maximum absolute atomic E-state index is 11.1. The second kappa shape index (κ2) is 5.76. The molecular formula is C16H13Cl2NO4. The lowest BCUT2D eigenvalue weighted by atomic mass is 9.88. The molecule has 2 unspecified atom stereocenters. The Kier molecular flexibility index (Phi) is 4.06. The van der Waals surface area contributed by atoms with E-state index in [0.717, 1.165) is 5.56 Å². The van der Waals surface area contributed by atoms with Crippen LogP contribution in [0.3, 0.4) is 0 Å². The molecule has 3 rings (SSSR count). The summed E-state index contributed by atoms with van der Waals surface area (Å²) in [5, 5.41) is 22.6. The zero-order valence-electron chi connectivity index (χ0n) is 12.1. The van der Waals surface area contributed by atoms with Gasteiger partial charge in [0, 0.05) is 23.3 Å². The van der Waals surface area contributed by atoms with Crippen molar-refractivity contribution in [3.05, 3.63) is 73.2 Å². The zero-order valence-corrected chi connectivity index (χ0v) is 13.6. The molecule has 0 spiro atoms. The van der Waals surface area contributed by atoms with E-state index in [4.69, 9.17) is 27.9 Å². The van der Waals surface area contributed by atoms with Gasteiger partial charge in [0.1, 0.15) is 0 Å². The van der Waals surface area contributed by atoms with Gasteiger partial charge >= 0.3 is 0 Å². The molecule has 0 radical (unpaired) electrons. The summed E-state index contributed by atoms with van der Waals surface area (Å²) in [7, 11) is 0. The van der Waals surface area contributed by atoms with Crippen LogP contribution < -0.4 is 0 Å². The van der Waals surface area contributed by atoms with Crippen molar-refractivity contribution in [2.75, 3.05) is 0 Å². The van der Waals surface area contributed by atoms with E-state index < -0.39 is 10.7 Å². The summed E-state index contributed by atoms with van der Waals surface area (Å²) in [6.07, 6.45) is 0.335. The van der Waals surface area contributed by atoms with E-state index in [1.165, 1.54) is 24.3 Å². The van der Waals surface area contributed by atoms with Crippen molar-refractivity contribution in [3.8, 4) is 0 Å². The Bertz CT molecular complexity index is 778. The smallest absolute Gasteiger partial charge is 0.269 e. The number of nitro benzene ring substituents is 1. The second-order valence-electron chi connectivity index (χ2n) is 5.50. The van der Waals surface area contributed by atoms with Gasteiger partial charge in [-0.05, 0) is 43.2 Å². The molecule has 0 fully saturated rings. The Morgan fingerprint density at radius 2 is 1.87 bits per heavy atom. The van der Waals surface area contributed by atoms with Crippen molar-refractivity contribution >= 4 is 28.9 Å². The van der Waals surface area contributed by atoms with Gasteiger partial charge in [0.25, 0.3) is 5.69 Å². The Morgan fingerprint density at radius 1 is 1.26 bits per heavy atom. The Labute approximate surface area is 142 Å². The van der Waals surface area contributed by atoms with Crippen LogP contribution in [0.4, 0.5) is 5.69 Å². The van der Waals surface area contributed by atoms with Crippen LogP contribution in [0.2, 0.25) is 10.0 Å². The van der Waals surface area contributed by atoms with Gasteiger partial charge in [-0.25, -0.2) is 0 Å². The minimum atomic E-state index is -1.73. The Hall–Kier alpha value is -1.66. The molecule has 7 heteroatoms. The zero-order chi connectivity index (χ0) is 16.8. The van der Waals surface area contributed by atoms with E-state index in [1.54, 1.807) is 12.1 Å². The summed E-state index contributed by atoms with van der Waals surface area (Å²) < 4.78 is 5.77. The molecule has 1 N–H and O–H groups in total.